The van der Waals surface area contributed by atoms with Crippen molar-refractivity contribution in [2.75, 3.05) is 19.8 Å². The van der Waals surface area contributed by atoms with E-state index in [-0.39, 0.29) is 46.8 Å². The van der Waals surface area contributed by atoms with Crippen LogP contribution in [0.4, 0.5) is 0 Å². The van der Waals surface area contributed by atoms with Crippen molar-refractivity contribution >= 4 is 29.4 Å². The zero-order chi connectivity index (χ0) is 25.7. The first kappa shape index (κ1) is 25.6. The molecule has 6 unspecified atom stereocenters. The first-order valence-corrected chi connectivity index (χ1v) is 12.8. The number of hydrogen-bond donors (Lipinski definition) is 3. The molecule has 4 rings (SSSR count). The van der Waals surface area contributed by atoms with Gasteiger partial charge in [-0.15, -0.1) is 0 Å². The van der Waals surface area contributed by atoms with Crippen LogP contribution in [0.3, 0.4) is 0 Å². The molecule has 2 aliphatic heterocycles. The van der Waals surface area contributed by atoms with E-state index in [1.54, 1.807) is 18.7 Å². The van der Waals surface area contributed by atoms with Gasteiger partial charge >= 0.3 is 0 Å². The molecule has 0 aromatic rings. The molecule has 0 bridgehead atoms. The van der Waals surface area contributed by atoms with Crippen LogP contribution in [-0.4, -0.2) is 72.2 Å². The van der Waals surface area contributed by atoms with Crippen molar-refractivity contribution in [1.29, 1.82) is 0 Å². The number of nitrogens with zero attached hydrogens (tertiary/aromatic N) is 1. The van der Waals surface area contributed by atoms with Gasteiger partial charge in [-0.3, -0.25) is 24.0 Å². The molecule has 10 nitrogen and oxygen atoms in total. The fourth-order valence-corrected chi connectivity index (χ4v) is 5.86. The molecule has 2 heterocycles. The average Bonchev–Trinajstić information content (AvgIpc) is 3.49. The van der Waals surface area contributed by atoms with Crippen LogP contribution in [0.5, 0.6) is 0 Å². The third-order valence-corrected chi connectivity index (χ3v) is 8.43. The first-order chi connectivity index (χ1) is 16.4. The number of primary amides is 1. The molecule has 6 atom stereocenters. The van der Waals surface area contributed by atoms with Crippen molar-refractivity contribution in [3.05, 3.63) is 0 Å². The Balaban J connectivity index is 1.55. The lowest BCUT2D eigenvalue weighted by Crippen LogP contribution is -2.59. The second-order valence-corrected chi connectivity index (χ2v) is 11.6. The summed E-state index contributed by atoms with van der Waals surface area (Å²) in [7, 11) is 0. The van der Waals surface area contributed by atoms with Crippen molar-refractivity contribution in [1.82, 2.24) is 15.5 Å². The van der Waals surface area contributed by atoms with Crippen LogP contribution in [0.15, 0.2) is 0 Å². The van der Waals surface area contributed by atoms with Crippen LogP contribution < -0.4 is 16.4 Å². The minimum Gasteiger partial charge on any atom is -0.381 e. The topological polar surface area (TPSA) is 148 Å². The van der Waals surface area contributed by atoms with Crippen LogP contribution >= 0.6 is 0 Å². The summed E-state index contributed by atoms with van der Waals surface area (Å²) in [6.45, 7) is 8.98. The van der Waals surface area contributed by atoms with Gasteiger partial charge in [0.05, 0.1) is 12.6 Å². The van der Waals surface area contributed by atoms with E-state index in [9.17, 15) is 24.0 Å². The van der Waals surface area contributed by atoms with Gasteiger partial charge in [0, 0.05) is 25.0 Å². The molecule has 4 aliphatic rings. The second-order valence-electron chi connectivity index (χ2n) is 11.6. The van der Waals surface area contributed by atoms with Crippen molar-refractivity contribution in [2.24, 2.45) is 40.7 Å². The van der Waals surface area contributed by atoms with Crippen molar-refractivity contribution in [3.63, 3.8) is 0 Å². The zero-order valence-corrected chi connectivity index (χ0v) is 21.0. The Kier molecular flexibility index (Phi) is 6.96. The molecule has 10 heteroatoms. The average molecular weight is 491 g/mol. The SMILES string of the molecule is CC(C)C(=O)NC(C(=O)N1CC2C(C1C(=O)NC(CC1CC1)C(=O)C(N)=O)C2(C)C)C1CCOC1. The predicted molar refractivity (Wildman–Crippen MR) is 125 cm³/mol. The van der Waals surface area contributed by atoms with E-state index >= 15 is 0 Å². The van der Waals surface area contributed by atoms with E-state index in [2.05, 4.69) is 24.5 Å². The quantitative estimate of drug-likeness (QED) is 0.367. The number of ether oxygens (including phenoxy) is 1. The maximum Gasteiger partial charge on any atom is 0.287 e. The van der Waals surface area contributed by atoms with E-state index < -0.39 is 35.7 Å². The molecule has 194 valence electrons. The molecule has 2 saturated carbocycles. The number of piperidine rings is 1. The standard InChI is InChI=1S/C25H38N4O6/c1-12(2)22(32)28-18(14-7-8-35-11-14)24(34)29-10-15-17(25(15,3)4)19(29)23(33)27-16(9-13-5-6-13)20(30)21(26)31/h12-19H,5-11H2,1-4H3,(H2,26,31)(H,27,33)(H,28,32). The van der Waals surface area contributed by atoms with Gasteiger partial charge in [-0.1, -0.05) is 40.5 Å². The Bertz CT molecular complexity index is 908. The molecule has 4 fully saturated rings. The smallest absolute Gasteiger partial charge is 0.287 e. The monoisotopic (exact) mass is 490 g/mol. The van der Waals surface area contributed by atoms with E-state index in [4.69, 9.17) is 10.5 Å². The molecule has 0 aromatic carbocycles. The number of ketones is 1. The van der Waals surface area contributed by atoms with Gasteiger partial charge < -0.3 is 26.0 Å². The summed E-state index contributed by atoms with van der Waals surface area (Å²) in [5.74, 6) is -2.92. The minimum atomic E-state index is -1.07. The molecule has 2 saturated heterocycles. The van der Waals surface area contributed by atoms with Gasteiger partial charge in [-0.05, 0) is 36.0 Å². The van der Waals surface area contributed by atoms with Crippen LogP contribution in [0.2, 0.25) is 0 Å². The molecule has 0 radical (unpaired) electrons. The fraction of sp³-hybridized carbons (Fsp3) is 0.800. The number of carbonyl (C=O) groups is 5. The molecule has 2 aliphatic carbocycles. The van der Waals surface area contributed by atoms with Crippen LogP contribution in [0.25, 0.3) is 0 Å². The number of fused-ring (bicyclic) bond motifs is 1. The van der Waals surface area contributed by atoms with Crippen LogP contribution in [0.1, 0.15) is 53.4 Å². The number of hydrogen-bond acceptors (Lipinski definition) is 6. The second kappa shape index (κ2) is 9.52. The van der Waals surface area contributed by atoms with E-state index in [1.807, 2.05) is 0 Å². The Hall–Kier alpha value is -2.49. The summed E-state index contributed by atoms with van der Waals surface area (Å²) < 4.78 is 5.49. The number of likely N-dealkylation sites (tertiary alicyclic amines) is 1. The van der Waals surface area contributed by atoms with Gasteiger partial charge in [0.2, 0.25) is 23.5 Å². The van der Waals surface area contributed by atoms with Crippen molar-refractivity contribution in [3.8, 4) is 0 Å². The third kappa shape index (κ3) is 5.08. The summed E-state index contributed by atoms with van der Waals surface area (Å²) in [6.07, 6.45) is 2.92. The highest BCUT2D eigenvalue weighted by Crippen LogP contribution is 2.65. The normalized spacial score (nSPS) is 30.4. The Morgan fingerprint density at radius 1 is 1.09 bits per heavy atom. The molecular weight excluding hydrogens is 452 g/mol. The largest absolute Gasteiger partial charge is 0.381 e. The number of nitrogens with two attached hydrogens (primary N) is 1. The number of Topliss-reactive ketones (excluding diaryl/α,β-unsaturated/α-hetero) is 1. The molecule has 0 spiro atoms. The van der Waals surface area contributed by atoms with Gasteiger partial charge in [-0.25, -0.2) is 0 Å². The summed E-state index contributed by atoms with van der Waals surface area (Å²) >= 11 is 0. The van der Waals surface area contributed by atoms with E-state index in [0.717, 1.165) is 12.8 Å². The number of nitrogens with one attached hydrogen (secondary N) is 2. The maximum atomic E-state index is 13.8. The highest BCUT2D eigenvalue weighted by Gasteiger charge is 2.69. The zero-order valence-electron chi connectivity index (χ0n) is 21.0. The Morgan fingerprint density at radius 2 is 1.77 bits per heavy atom. The summed E-state index contributed by atoms with van der Waals surface area (Å²) in [5, 5.41) is 5.66. The third-order valence-electron chi connectivity index (χ3n) is 8.43. The van der Waals surface area contributed by atoms with Crippen molar-refractivity contribution in [2.45, 2.75) is 71.5 Å². The highest BCUT2D eigenvalue weighted by atomic mass is 16.5. The minimum absolute atomic E-state index is 0.0574. The molecule has 35 heavy (non-hydrogen) atoms. The lowest BCUT2D eigenvalue weighted by Gasteiger charge is -2.35. The Morgan fingerprint density at radius 3 is 2.31 bits per heavy atom. The van der Waals surface area contributed by atoms with Crippen LogP contribution in [0, 0.1) is 35.0 Å². The van der Waals surface area contributed by atoms with Gasteiger partial charge in [0.15, 0.2) is 0 Å². The molecule has 4 amide bonds. The predicted octanol–water partition coefficient (Wildman–Crippen LogP) is -0.0140. The summed E-state index contributed by atoms with van der Waals surface area (Å²) in [6, 6.07) is -2.53. The van der Waals surface area contributed by atoms with Crippen molar-refractivity contribution < 1.29 is 28.7 Å². The lowest BCUT2D eigenvalue weighted by atomic mass is 9.94. The maximum absolute atomic E-state index is 13.8. The van der Waals surface area contributed by atoms with E-state index in [1.165, 1.54) is 0 Å². The summed E-state index contributed by atoms with van der Waals surface area (Å²) in [5.41, 5.74) is 5.12. The Labute approximate surface area is 206 Å². The highest BCUT2D eigenvalue weighted by molar-refractivity contribution is 6.37. The van der Waals surface area contributed by atoms with E-state index in [0.29, 0.717) is 32.6 Å². The number of carbonyl (C=O) groups excluding carboxylic acids is 5. The molecule has 0 aromatic heterocycles. The van der Waals surface area contributed by atoms with Gasteiger partial charge in [0.1, 0.15) is 12.1 Å². The van der Waals surface area contributed by atoms with Gasteiger partial charge in [0.25, 0.3) is 5.91 Å². The molecule has 4 N–H and O–H groups in total. The fourth-order valence-electron chi connectivity index (χ4n) is 5.86. The molecular formula is C25H38N4O6. The first-order valence-electron chi connectivity index (χ1n) is 12.8. The van der Waals surface area contributed by atoms with Gasteiger partial charge in [-0.2, -0.15) is 0 Å². The van der Waals surface area contributed by atoms with Crippen LogP contribution in [-0.2, 0) is 28.7 Å². The number of rotatable bonds is 10. The summed E-state index contributed by atoms with van der Waals surface area (Å²) in [4.78, 5) is 65.5. The number of amides is 4. The lowest BCUT2D eigenvalue weighted by molar-refractivity contribution is -0.145.